The lowest BCUT2D eigenvalue weighted by Gasteiger charge is -2.15. The van der Waals surface area contributed by atoms with Gasteiger partial charge >= 0.3 is 0 Å². The van der Waals surface area contributed by atoms with Gasteiger partial charge in [-0.25, -0.2) is 4.99 Å². The molecule has 0 fully saturated rings. The fraction of sp³-hybridized carbons (Fsp3) is 0.192. The number of benzene rings is 3. The van der Waals surface area contributed by atoms with Crippen LogP contribution < -0.4 is 11.1 Å². The van der Waals surface area contributed by atoms with E-state index < -0.39 is 0 Å². The van der Waals surface area contributed by atoms with Gasteiger partial charge in [0.15, 0.2) is 0 Å². The predicted molar refractivity (Wildman–Crippen MR) is 131 cm³/mol. The molecule has 162 valence electrons. The Morgan fingerprint density at radius 2 is 1.91 bits per heavy atom. The third-order valence-electron chi connectivity index (χ3n) is 5.37. The summed E-state index contributed by atoms with van der Waals surface area (Å²) in [6.07, 6.45) is 0.475. The second kappa shape index (κ2) is 9.32. The highest BCUT2D eigenvalue weighted by Gasteiger charge is 2.17. The molecule has 1 aliphatic carbocycles. The van der Waals surface area contributed by atoms with Crippen molar-refractivity contribution in [2.24, 2.45) is 10.9 Å². The maximum atomic E-state index is 11.7. The lowest BCUT2D eigenvalue weighted by atomic mass is 9.93. The summed E-state index contributed by atoms with van der Waals surface area (Å²) in [5.41, 5.74) is 10.4. The van der Waals surface area contributed by atoms with Crippen LogP contribution in [0.25, 0.3) is 33.4 Å². The molecule has 2 aliphatic rings. The molecule has 2 aromatic carbocycles. The fourth-order valence-corrected chi connectivity index (χ4v) is 3.83. The van der Waals surface area contributed by atoms with E-state index in [4.69, 9.17) is 27.1 Å². The standard InChI is InChI=1S/C26H24N2O3S/c1-3-22(29)16(2)15-30-26(32)28-19-10-12-21-24(14-19)31-23-13-18(27)9-11-20(23)25(21)17-7-5-4-6-8-17/h4-14,16H,3,15,27H2,1-2H3. The highest BCUT2D eigenvalue weighted by atomic mass is 32.1. The second-order valence-electron chi connectivity index (χ2n) is 7.69. The molecule has 1 atom stereocenters. The van der Waals surface area contributed by atoms with Crippen molar-refractivity contribution in [1.29, 1.82) is 0 Å². The molecule has 0 saturated carbocycles. The summed E-state index contributed by atoms with van der Waals surface area (Å²) in [6.45, 7) is 3.88. The molecule has 2 N–H and O–H groups in total. The highest BCUT2D eigenvalue weighted by molar-refractivity contribution is 7.80. The van der Waals surface area contributed by atoms with Crippen LogP contribution in [0.2, 0.25) is 0 Å². The molecular formula is C26H24N2O3S. The molecule has 0 radical (unpaired) electrons. The zero-order valence-corrected chi connectivity index (χ0v) is 18.8. The van der Waals surface area contributed by atoms with Crippen molar-refractivity contribution >= 4 is 39.8 Å². The SMILES string of the molecule is CCC(=O)C(C)COC(=S)N=c1ccc2c(-c3ccccc3)c3ccc(N)cc3oc-2c1. The van der Waals surface area contributed by atoms with Crippen LogP contribution in [0.15, 0.2) is 76.1 Å². The molecule has 1 aliphatic heterocycles. The summed E-state index contributed by atoms with van der Waals surface area (Å²) in [7, 11) is 0. The fourth-order valence-electron chi connectivity index (χ4n) is 3.66. The topological polar surface area (TPSA) is 77.8 Å². The summed E-state index contributed by atoms with van der Waals surface area (Å²) in [5, 5.41) is 1.69. The monoisotopic (exact) mass is 444 g/mol. The molecule has 0 aromatic heterocycles. The van der Waals surface area contributed by atoms with Gasteiger partial charge in [-0.2, -0.15) is 0 Å². The summed E-state index contributed by atoms with van der Waals surface area (Å²) in [6, 6.07) is 21.5. The minimum absolute atomic E-state index is 0.0911. The number of hydrogen-bond acceptors (Lipinski definition) is 5. The van der Waals surface area contributed by atoms with E-state index >= 15 is 0 Å². The largest absolute Gasteiger partial charge is 0.469 e. The normalized spacial score (nSPS) is 12.8. The van der Waals surface area contributed by atoms with Crippen LogP contribution >= 0.6 is 12.2 Å². The smallest absolute Gasteiger partial charge is 0.283 e. The number of nitrogens with zero attached hydrogens (tertiary/aromatic N) is 1. The third kappa shape index (κ3) is 4.55. The first-order chi connectivity index (χ1) is 15.5. The number of ketones is 1. The Kier molecular flexibility index (Phi) is 6.32. The average Bonchev–Trinajstić information content (AvgIpc) is 2.80. The molecular weight excluding hydrogens is 420 g/mol. The van der Waals surface area contributed by atoms with E-state index in [2.05, 4.69) is 17.1 Å². The van der Waals surface area contributed by atoms with Crippen LogP contribution in [-0.2, 0) is 9.53 Å². The number of Topliss-reactive ketones (excluding diaryl/α,β-unsaturated/α-hetero) is 1. The highest BCUT2D eigenvalue weighted by Crippen LogP contribution is 2.40. The lowest BCUT2D eigenvalue weighted by molar-refractivity contribution is -0.122. The number of anilines is 1. The Morgan fingerprint density at radius 1 is 1.12 bits per heavy atom. The number of nitrogen functional groups attached to an aromatic ring is 1. The van der Waals surface area contributed by atoms with Gasteiger partial charge in [0, 0.05) is 46.7 Å². The Hall–Kier alpha value is -3.51. The molecule has 32 heavy (non-hydrogen) atoms. The van der Waals surface area contributed by atoms with Gasteiger partial charge in [0.25, 0.3) is 5.17 Å². The molecule has 0 saturated heterocycles. The van der Waals surface area contributed by atoms with Crippen LogP contribution in [0.5, 0.6) is 0 Å². The van der Waals surface area contributed by atoms with Crippen molar-refractivity contribution in [3.63, 3.8) is 0 Å². The van der Waals surface area contributed by atoms with Crippen LogP contribution in [-0.4, -0.2) is 17.6 Å². The Labute approximate surface area is 191 Å². The quantitative estimate of drug-likeness (QED) is 0.246. The molecule has 2 aromatic rings. The number of carbonyl (C=O) groups is 1. The number of fused-ring (bicyclic) bond motifs is 2. The minimum atomic E-state index is -0.218. The third-order valence-corrected chi connectivity index (χ3v) is 5.58. The van der Waals surface area contributed by atoms with Gasteiger partial charge in [0.2, 0.25) is 0 Å². The molecule has 0 bridgehead atoms. The van der Waals surface area contributed by atoms with Crippen molar-refractivity contribution < 1.29 is 13.9 Å². The van der Waals surface area contributed by atoms with Gasteiger partial charge in [0.05, 0.1) is 5.36 Å². The van der Waals surface area contributed by atoms with Crippen molar-refractivity contribution in [3.8, 4) is 22.5 Å². The Bertz CT molecular complexity index is 1330. The minimum Gasteiger partial charge on any atom is -0.469 e. The summed E-state index contributed by atoms with van der Waals surface area (Å²) in [4.78, 5) is 16.1. The summed E-state index contributed by atoms with van der Waals surface area (Å²) in [5.74, 6) is 0.586. The van der Waals surface area contributed by atoms with Crippen LogP contribution in [0.3, 0.4) is 0 Å². The van der Waals surface area contributed by atoms with Crippen molar-refractivity contribution in [1.82, 2.24) is 0 Å². The van der Waals surface area contributed by atoms with Gasteiger partial charge in [0.1, 0.15) is 23.7 Å². The maximum absolute atomic E-state index is 11.7. The van der Waals surface area contributed by atoms with Gasteiger partial charge in [-0.3, -0.25) is 4.79 Å². The van der Waals surface area contributed by atoms with E-state index in [-0.39, 0.29) is 23.5 Å². The van der Waals surface area contributed by atoms with E-state index in [0.717, 1.165) is 22.1 Å². The molecule has 4 rings (SSSR count). The second-order valence-corrected chi connectivity index (χ2v) is 8.04. The zero-order chi connectivity index (χ0) is 22.7. The molecule has 1 unspecified atom stereocenters. The van der Waals surface area contributed by atoms with Gasteiger partial charge in [-0.15, -0.1) is 0 Å². The van der Waals surface area contributed by atoms with E-state index in [0.29, 0.717) is 28.8 Å². The first kappa shape index (κ1) is 21.7. The first-order valence-corrected chi connectivity index (χ1v) is 10.9. The number of thiocarbonyl (C=S) groups is 1. The van der Waals surface area contributed by atoms with E-state index in [9.17, 15) is 4.79 Å². The Balaban J connectivity index is 1.77. The van der Waals surface area contributed by atoms with Crippen molar-refractivity contribution in [2.45, 2.75) is 20.3 Å². The van der Waals surface area contributed by atoms with Crippen LogP contribution in [0, 0.1) is 5.92 Å². The molecule has 5 nitrogen and oxygen atoms in total. The van der Waals surface area contributed by atoms with Crippen LogP contribution in [0.4, 0.5) is 5.69 Å². The zero-order valence-electron chi connectivity index (χ0n) is 18.0. The van der Waals surface area contributed by atoms with Gasteiger partial charge < -0.3 is 14.9 Å². The predicted octanol–water partition coefficient (Wildman–Crippen LogP) is 5.60. The van der Waals surface area contributed by atoms with E-state index in [1.54, 1.807) is 0 Å². The number of ether oxygens (including phenoxy) is 1. The molecule has 0 spiro atoms. The van der Waals surface area contributed by atoms with Crippen molar-refractivity contribution in [3.05, 3.63) is 72.1 Å². The molecule has 1 heterocycles. The maximum Gasteiger partial charge on any atom is 0.283 e. The number of carbonyl (C=O) groups excluding carboxylic acids is 1. The first-order valence-electron chi connectivity index (χ1n) is 10.5. The van der Waals surface area contributed by atoms with Gasteiger partial charge in [-0.1, -0.05) is 44.2 Å². The summed E-state index contributed by atoms with van der Waals surface area (Å²) >= 11 is 5.25. The lowest BCUT2D eigenvalue weighted by Crippen LogP contribution is -2.18. The molecule has 0 amide bonds. The average molecular weight is 445 g/mol. The van der Waals surface area contributed by atoms with E-state index in [1.165, 1.54) is 0 Å². The number of rotatable bonds is 5. The Morgan fingerprint density at radius 3 is 2.66 bits per heavy atom. The number of hydrogen-bond donors (Lipinski definition) is 1. The van der Waals surface area contributed by atoms with Gasteiger partial charge in [-0.05, 0) is 42.0 Å². The van der Waals surface area contributed by atoms with E-state index in [1.807, 2.05) is 68.4 Å². The molecule has 6 heteroatoms. The van der Waals surface area contributed by atoms with Crippen molar-refractivity contribution in [2.75, 3.05) is 12.3 Å². The summed E-state index contributed by atoms with van der Waals surface area (Å²) < 4.78 is 11.7. The number of nitrogens with two attached hydrogens (primary N) is 1. The van der Waals surface area contributed by atoms with Crippen LogP contribution in [0.1, 0.15) is 20.3 Å².